The Kier molecular flexibility index (Phi) is 11.8. The van der Waals surface area contributed by atoms with Crippen molar-refractivity contribution >= 4 is 29.4 Å². The second-order valence-electron chi connectivity index (χ2n) is 11.9. The zero-order valence-electron chi connectivity index (χ0n) is 25.6. The number of nitrogens with one attached hydrogen (secondary N) is 2. The number of carbonyl (C=O) groups is 3. The molecule has 0 spiro atoms. The van der Waals surface area contributed by atoms with Gasteiger partial charge in [-0.3, -0.25) is 9.78 Å². The van der Waals surface area contributed by atoms with Gasteiger partial charge in [0.05, 0.1) is 16.5 Å². The van der Waals surface area contributed by atoms with Gasteiger partial charge in [0.15, 0.2) is 0 Å². The van der Waals surface area contributed by atoms with E-state index in [1.54, 1.807) is 21.5 Å². The summed E-state index contributed by atoms with van der Waals surface area (Å²) < 4.78 is 5.47. The number of rotatable bonds is 12. The van der Waals surface area contributed by atoms with Crippen molar-refractivity contribution in [2.45, 2.75) is 82.2 Å². The van der Waals surface area contributed by atoms with Crippen molar-refractivity contribution in [3.63, 3.8) is 0 Å². The van der Waals surface area contributed by atoms with Gasteiger partial charge in [-0.1, -0.05) is 60.7 Å². The van der Waals surface area contributed by atoms with Gasteiger partial charge in [-0.2, -0.15) is 0 Å². The molecule has 4 amide bonds. The van der Waals surface area contributed by atoms with Crippen molar-refractivity contribution < 1.29 is 24.2 Å². The quantitative estimate of drug-likeness (QED) is 0.269. The van der Waals surface area contributed by atoms with Crippen molar-refractivity contribution in [3.05, 3.63) is 88.4 Å². The van der Waals surface area contributed by atoms with Gasteiger partial charge in [0.1, 0.15) is 12.6 Å². The molecular weight excluding hydrogens is 590 g/mol. The Hall–Kier alpha value is -3.96. The Bertz CT molecular complexity index is 1350. The Morgan fingerprint density at radius 3 is 2.13 bits per heavy atom. The number of aliphatic hydroxyl groups excluding tert-OH is 1. The molecule has 1 aromatic heterocycles. The lowest BCUT2D eigenvalue weighted by atomic mass is 9.95. The number of carbonyl (C=O) groups excluding carboxylic acids is 3. The first kappa shape index (κ1) is 32.4. The van der Waals surface area contributed by atoms with Crippen LogP contribution in [0.4, 0.5) is 9.59 Å². The maximum atomic E-state index is 13.8. The van der Waals surface area contributed by atoms with E-state index in [2.05, 4.69) is 15.6 Å². The maximum absolute atomic E-state index is 13.8. The SMILES string of the molecule is O=C(N[C@@H](CC[C@@H](Cc1ccccc1)NC(=O)C1C[C@@H](O)CN1C(=O)N1CCCCC1)Cc1ccccc1)OCc1cncs1. The standard InChI is InChI=1S/C34H43N5O5S/c40-29-20-31(39(22-29)34(43)38-16-8-3-9-17-38)32(41)36-27(18-25-10-4-1-5-11-25)14-15-28(19-26-12-6-2-7-13-26)37-33(42)44-23-30-21-35-24-45-30/h1-2,4-7,10-13,21,24,27-29,31,40H,3,8-9,14-20,22-23H2,(H,36,41)(H,37,42)/t27-,28-,29+,31?/m0/s1. The zero-order chi connectivity index (χ0) is 31.4. The van der Waals surface area contributed by atoms with E-state index in [0.29, 0.717) is 38.8 Å². The molecule has 3 aromatic rings. The molecule has 2 aromatic carbocycles. The minimum absolute atomic E-state index is 0.154. The molecule has 0 radical (unpaired) electrons. The number of benzene rings is 2. The first-order valence-corrected chi connectivity index (χ1v) is 16.7. The molecule has 3 N–H and O–H groups in total. The Balaban J connectivity index is 1.26. The highest BCUT2D eigenvalue weighted by molar-refractivity contribution is 7.09. The number of likely N-dealkylation sites (tertiary alicyclic amines) is 2. The number of β-amino-alcohol motifs (C(OH)–C–C–N with tert-alkyl or cyclic N) is 1. The second kappa shape index (κ2) is 16.4. The van der Waals surface area contributed by atoms with Crippen molar-refractivity contribution in [1.29, 1.82) is 0 Å². The minimum Gasteiger partial charge on any atom is -0.444 e. The topological polar surface area (TPSA) is 124 Å². The van der Waals surface area contributed by atoms with E-state index in [9.17, 15) is 19.5 Å². The van der Waals surface area contributed by atoms with Crippen LogP contribution in [0.3, 0.4) is 0 Å². The summed E-state index contributed by atoms with van der Waals surface area (Å²) in [5.41, 5.74) is 3.86. The molecule has 45 heavy (non-hydrogen) atoms. The third kappa shape index (κ3) is 9.76. The van der Waals surface area contributed by atoms with Crippen molar-refractivity contribution in [2.75, 3.05) is 19.6 Å². The first-order chi connectivity index (χ1) is 21.9. The maximum Gasteiger partial charge on any atom is 0.407 e. The fourth-order valence-corrected chi connectivity index (χ4v) is 6.65. The van der Waals surface area contributed by atoms with Gasteiger partial charge >= 0.3 is 12.1 Å². The monoisotopic (exact) mass is 633 g/mol. The van der Waals surface area contributed by atoms with Crippen LogP contribution >= 0.6 is 11.3 Å². The summed E-state index contributed by atoms with van der Waals surface area (Å²) in [6.07, 6.45) is 6.04. The zero-order valence-corrected chi connectivity index (χ0v) is 26.4. The number of urea groups is 1. The number of thiazole rings is 1. The van der Waals surface area contributed by atoms with Crippen LogP contribution in [0.25, 0.3) is 0 Å². The summed E-state index contributed by atoms with van der Waals surface area (Å²) in [6, 6.07) is 18.5. The molecule has 2 aliphatic rings. The number of aliphatic hydroxyl groups is 1. The summed E-state index contributed by atoms with van der Waals surface area (Å²) in [4.78, 5) is 48.2. The molecule has 0 bridgehead atoms. The third-order valence-corrected chi connectivity index (χ3v) is 9.22. The van der Waals surface area contributed by atoms with Crippen LogP contribution in [0.15, 0.2) is 72.4 Å². The highest BCUT2D eigenvalue weighted by atomic mass is 32.1. The summed E-state index contributed by atoms with van der Waals surface area (Å²) in [7, 11) is 0. The van der Waals surface area contributed by atoms with E-state index in [1.807, 2.05) is 60.7 Å². The normalized spacial score (nSPS) is 19.5. The summed E-state index contributed by atoms with van der Waals surface area (Å²) >= 11 is 1.43. The number of piperidine rings is 1. The average molecular weight is 634 g/mol. The molecular formula is C34H43N5O5S. The molecule has 3 heterocycles. The number of hydrogen-bond donors (Lipinski definition) is 3. The Morgan fingerprint density at radius 2 is 1.53 bits per heavy atom. The molecule has 10 nitrogen and oxygen atoms in total. The van der Waals surface area contributed by atoms with Gasteiger partial charge < -0.3 is 30.3 Å². The van der Waals surface area contributed by atoms with Crippen LogP contribution < -0.4 is 10.6 Å². The molecule has 2 fully saturated rings. The fraction of sp³-hybridized carbons (Fsp3) is 0.471. The molecule has 240 valence electrons. The van der Waals surface area contributed by atoms with E-state index in [-0.39, 0.29) is 43.6 Å². The predicted octanol–water partition coefficient (Wildman–Crippen LogP) is 4.53. The van der Waals surface area contributed by atoms with Crippen LogP contribution in [-0.2, 0) is 29.0 Å². The van der Waals surface area contributed by atoms with Gasteiger partial charge in [0, 0.05) is 44.3 Å². The average Bonchev–Trinajstić information content (AvgIpc) is 3.73. The second-order valence-corrected chi connectivity index (χ2v) is 12.9. The number of alkyl carbamates (subject to hydrolysis) is 1. The smallest absolute Gasteiger partial charge is 0.407 e. The van der Waals surface area contributed by atoms with Crippen LogP contribution in [0, 0.1) is 0 Å². The largest absolute Gasteiger partial charge is 0.444 e. The lowest BCUT2D eigenvalue weighted by molar-refractivity contribution is -0.125. The number of ether oxygens (including phenoxy) is 1. The third-order valence-electron chi connectivity index (χ3n) is 8.46. The molecule has 2 saturated heterocycles. The van der Waals surface area contributed by atoms with Gasteiger partial charge in [0.25, 0.3) is 0 Å². The highest BCUT2D eigenvalue weighted by Crippen LogP contribution is 2.23. The van der Waals surface area contributed by atoms with Gasteiger partial charge in [0.2, 0.25) is 5.91 Å². The van der Waals surface area contributed by atoms with E-state index < -0.39 is 18.2 Å². The van der Waals surface area contributed by atoms with Gasteiger partial charge in [-0.05, 0) is 56.1 Å². The van der Waals surface area contributed by atoms with Gasteiger partial charge in [-0.15, -0.1) is 11.3 Å². The van der Waals surface area contributed by atoms with E-state index in [1.165, 1.54) is 11.3 Å². The minimum atomic E-state index is -0.738. The van der Waals surface area contributed by atoms with E-state index in [0.717, 1.165) is 35.3 Å². The predicted molar refractivity (Wildman–Crippen MR) is 173 cm³/mol. The summed E-state index contributed by atoms with van der Waals surface area (Å²) in [5, 5.41) is 16.8. The van der Waals surface area contributed by atoms with Crippen molar-refractivity contribution in [2.24, 2.45) is 0 Å². The van der Waals surface area contributed by atoms with Crippen LogP contribution in [0.1, 0.15) is 54.5 Å². The number of amides is 4. The summed E-state index contributed by atoms with van der Waals surface area (Å²) in [6.45, 7) is 1.67. The van der Waals surface area contributed by atoms with Crippen LogP contribution in [-0.4, -0.2) is 81.8 Å². The van der Waals surface area contributed by atoms with Gasteiger partial charge in [-0.25, -0.2) is 9.59 Å². The molecule has 4 atom stereocenters. The molecule has 0 saturated carbocycles. The van der Waals surface area contributed by atoms with Crippen LogP contribution in [0.5, 0.6) is 0 Å². The lowest BCUT2D eigenvalue weighted by Crippen LogP contribution is -2.53. The highest BCUT2D eigenvalue weighted by Gasteiger charge is 2.41. The molecule has 11 heteroatoms. The van der Waals surface area contributed by atoms with Crippen LogP contribution in [0.2, 0.25) is 0 Å². The van der Waals surface area contributed by atoms with Crippen molar-refractivity contribution in [3.8, 4) is 0 Å². The van der Waals surface area contributed by atoms with E-state index >= 15 is 0 Å². The number of hydrogen-bond acceptors (Lipinski definition) is 7. The number of aromatic nitrogens is 1. The molecule has 2 aliphatic heterocycles. The molecule has 5 rings (SSSR count). The fourth-order valence-electron chi connectivity index (χ4n) is 6.15. The summed E-state index contributed by atoms with van der Waals surface area (Å²) in [5.74, 6) is -0.255. The lowest BCUT2D eigenvalue weighted by Gasteiger charge is -2.34. The molecule has 0 aliphatic carbocycles. The Morgan fingerprint density at radius 1 is 0.911 bits per heavy atom. The Labute approximate surface area is 268 Å². The van der Waals surface area contributed by atoms with E-state index in [4.69, 9.17) is 4.74 Å². The molecule has 1 unspecified atom stereocenters. The first-order valence-electron chi connectivity index (χ1n) is 15.9. The van der Waals surface area contributed by atoms with Crippen molar-refractivity contribution in [1.82, 2.24) is 25.4 Å². The number of nitrogens with zero attached hydrogens (tertiary/aromatic N) is 3.